The second kappa shape index (κ2) is 3.05. The van der Waals surface area contributed by atoms with Crippen molar-refractivity contribution < 1.29 is 0 Å². The van der Waals surface area contributed by atoms with Gasteiger partial charge < -0.3 is 4.90 Å². The highest BCUT2D eigenvalue weighted by atomic mass is 32.2. The molecule has 0 aromatic rings. The maximum absolute atomic E-state index is 4.50. The smallest absolute Gasteiger partial charge is 0.159 e. The van der Waals surface area contributed by atoms with Gasteiger partial charge >= 0.3 is 0 Å². The number of hydrogen-bond acceptors (Lipinski definition) is 3. The van der Waals surface area contributed by atoms with Gasteiger partial charge in [0.1, 0.15) is 0 Å². The maximum Gasteiger partial charge on any atom is 0.159 e. The third-order valence-corrected chi connectivity index (χ3v) is 3.22. The molecule has 0 spiro atoms. The number of hydrogen-bond donors (Lipinski definition) is 0. The Labute approximate surface area is 72.1 Å². The SMILES string of the molecule is CSC1=NC[C@H]2CCCCN12. The van der Waals surface area contributed by atoms with E-state index >= 15 is 0 Å². The zero-order valence-corrected chi connectivity index (χ0v) is 7.73. The molecule has 0 amide bonds. The average molecular weight is 170 g/mol. The molecule has 0 bridgehead atoms. The van der Waals surface area contributed by atoms with E-state index in [0.29, 0.717) is 0 Å². The number of aliphatic imine (C=N–C) groups is 1. The molecule has 3 heteroatoms. The second-order valence-electron chi connectivity index (χ2n) is 3.17. The fourth-order valence-corrected chi connectivity index (χ4v) is 2.58. The Balaban J connectivity index is 2.05. The van der Waals surface area contributed by atoms with Crippen LogP contribution in [0.25, 0.3) is 0 Å². The van der Waals surface area contributed by atoms with Crippen molar-refractivity contribution in [2.75, 3.05) is 19.3 Å². The van der Waals surface area contributed by atoms with E-state index in [4.69, 9.17) is 0 Å². The molecule has 2 rings (SSSR count). The summed E-state index contributed by atoms with van der Waals surface area (Å²) in [6.45, 7) is 2.29. The summed E-state index contributed by atoms with van der Waals surface area (Å²) in [5, 5.41) is 1.27. The van der Waals surface area contributed by atoms with Crippen LogP contribution in [-0.2, 0) is 0 Å². The molecule has 0 aliphatic carbocycles. The average Bonchev–Trinajstić information content (AvgIpc) is 2.47. The molecule has 0 aromatic heterocycles. The van der Waals surface area contributed by atoms with E-state index in [1.807, 2.05) is 0 Å². The van der Waals surface area contributed by atoms with Crippen LogP contribution in [0.5, 0.6) is 0 Å². The van der Waals surface area contributed by atoms with E-state index in [2.05, 4.69) is 16.1 Å². The molecule has 0 N–H and O–H groups in total. The molecule has 1 saturated heterocycles. The second-order valence-corrected chi connectivity index (χ2v) is 3.94. The lowest BCUT2D eigenvalue weighted by molar-refractivity contribution is 0.272. The van der Waals surface area contributed by atoms with Crippen LogP contribution in [-0.4, -0.2) is 35.5 Å². The van der Waals surface area contributed by atoms with E-state index in [9.17, 15) is 0 Å². The third kappa shape index (κ3) is 1.26. The minimum Gasteiger partial charge on any atom is -0.347 e. The van der Waals surface area contributed by atoms with E-state index in [1.54, 1.807) is 11.8 Å². The third-order valence-electron chi connectivity index (χ3n) is 2.49. The molecule has 2 aliphatic heterocycles. The van der Waals surface area contributed by atoms with Crippen LogP contribution in [0.4, 0.5) is 0 Å². The molecule has 1 fully saturated rings. The van der Waals surface area contributed by atoms with Crippen LogP contribution in [0.3, 0.4) is 0 Å². The number of thioether (sulfide) groups is 1. The molecule has 62 valence electrons. The summed E-state index contributed by atoms with van der Waals surface area (Å²) in [5.74, 6) is 0. The minimum atomic E-state index is 0.756. The van der Waals surface area contributed by atoms with Crippen LogP contribution < -0.4 is 0 Å². The van der Waals surface area contributed by atoms with E-state index in [0.717, 1.165) is 12.6 Å². The molecule has 2 aliphatic rings. The molecule has 0 aromatic carbocycles. The van der Waals surface area contributed by atoms with Crippen LogP contribution in [0.2, 0.25) is 0 Å². The number of fused-ring (bicyclic) bond motifs is 1. The summed E-state index contributed by atoms with van der Waals surface area (Å²) in [6, 6.07) is 0.756. The van der Waals surface area contributed by atoms with Crippen LogP contribution in [0.1, 0.15) is 19.3 Å². The van der Waals surface area contributed by atoms with Crippen LogP contribution >= 0.6 is 11.8 Å². The van der Waals surface area contributed by atoms with Gasteiger partial charge in [0.2, 0.25) is 0 Å². The van der Waals surface area contributed by atoms with Gasteiger partial charge in [-0.25, -0.2) is 0 Å². The molecule has 0 radical (unpaired) electrons. The largest absolute Gasteiger partial charge is 0.347 e. The van der Waals surface area contributed by atoms with Crippen molar-refractivity contribution in [2.24, 2.45) is 4.99 Å². The fraction of sp³-hybridized carbons (Fsp3) is 0.875. The molecule has 0 saturated carbocycles. The van der Waals surface area contributed by atoms with Gasteiger partial charge in [-0.05, 0) is 25.5 Å². The Kier molecular flexibility index (Phi) is 2.07. The summed E-state index contributed by atoms with van der Waals surface area (Å²) in [4.78, 5) is 6.98. The van der Waals surface area contributed by atoms with Crippen molar-refractivity contribution in [2.45, 2.75) is 25.3 Å². The fourth-order valence-electron chi connectivity index (χ4n) is 1.90. The number of rotatable bonds is 0. The quantitative estimate of drug-likeness (QED) is 0.548. The highest BCUT2D eigenvalue weighted by molar-refractivity contribution is 8.13. The maximum atomic E-state index is 4.50. The monoisotopic (exact) mass is 170 g/mol. The number of nitrogens with zero attached hydrogens (tertiary/aromatic N) is 2. The van der Waals surface area contributed by atoms with Gasteiger partial charge in [-0.3, -0.25) is 4.99 Å². The van der Waals surface area contributed by atoms with Crippen molar-refractivity contribution in [1.82, 2.24) is 4.90 Å². The van der Waals surface area contributed by atoms with Gasteiger partial charge in [-0.2, -0.15) is 0 Å². The minimum absolute atomic E-state index is 0.756. The van der Waals surface area contributed by atoms with E-state index in [1.165, 1.54) is 31.0 Å². The highest BCUT2D eigenvalue weighted by Gasteiger charge is 2.28. The lowest BCUT2D eigenvalue weighted by Crippen LogP contribution is -2.39. The van der Waals surface area contributed by atoms with Crippen molar-refractivity contribution >= 4 is 16.9 Å². The molecular weight excluding hydrogens is 156 g/mol. The Morgan fingerprint density at radius 1 is 1.55 bits per heavy atom. The topological polar surface area (TPSA) is 15.6 Å². The molecule has 2 nitrogen and oxygen atoms in total. The first kappa shape index (κ1) is 7.47. The predicted octanol–water partition coefficient (Wildman–Crippen LogP) is 1.57. The first-order chi connectivity index (χ1) is 5.42. The van der Waals surface area contributed by atoms with Crippen molar-refractivity contribution in [3.63, 3.8) is 0 Å². The Hall–Kier alpha value is -0.180. The summed E-state index contributed by atoms with van der Waals surface area (Å²) in [6.07, 6.45) is 6.23. The van der Waals surface area contributed by atoms with Gasteiger partial charge in [0.25, 0.3) is 0 Å². The van der Waals surface area contributed by atoms with Crippen LogP contribution in [0, 0.1) is 0 Å². The van der Waals surface area contributed by atoms with Crippen molar-refractivity contribution in [3.05, 3.63) is 0 Å². The predicted molar refractivity (Wildman–Crippen MR) is 50.2 cm³/mol. The van der Waals surface area contributed by atoms with Gasteiger partial charge in [0, 0.05) is 6.54 Å². The molecule has 0 unspecified atom stereocenters. The zero-order chi connectivity index (χ0) is 7.68. The summed E-state index contributed by atoms with van der Waals surface area (Å²) < 4.78 is 0. The van der Waals surface area contributed by atoms with Gasteiger partial charge in [0.15, 0.2) is 5.17 Å². The highest BCUT2D eigenvalue weighted by Crippen LogP contribution is 2.25. The van der Waals surface area contributed by atoms with Gasteiger partial charge in [0.05, 0.1) is 12.6 Å². The van der Waals surface area contributed by atoms with E-state index in [-0.39, 0.29) is 0 Å². The van der Waals surface area contributed by atoms with Crippen LogP contribution in [0.15, 0.2) is 4.99 Å². The summed E-state index contributed by atoms with van der Waals surface area (Å²) >= 11 is 1.79. The Bertz CT molecular complexity index is 179. The zero-order valence-electron chi connectivity index (χ0n) is 6.92. The summed E-state index contributed by atoms with van der Waals surface area (Å²) in [5.41, 5.74) is 0. The molecule has 2 heterocycles. The van der Waals surface area contributed by atoms with Gasteiger partial charge in [-0.15, -0.1) is 0 Å². The first-order valence-corrected chi connectivity index (χ1v) is 5.49. The van der Waals surface area contributed by atoms with Gasteiger partial charge in [-0.1, -0.05) is 11.8 Å². The molecule has 11 heavy (non-hydrogen) atoms. The lowest BCUT2D eigenvalue weighted by atomic mass is 10.0. The Morgan fingerprint density at radius 3 is 3.27 bits per heavy atom. The molecule has 1 atom stereocenters. The Morgan fingerprint density at radius 2 is 2.45 bits per heavy atom. The first-order valence-electron chi connectivity index (χ1n) is 4.27. The summed E-state index contributed by atoms with van der Waals surface area (Å²) in [7, 11) is 0. The van der Waals surface area contributed by atoms with E-state index < -0.39 is 0 Å². The van der Waals surface area contributed by atoms with Crippen molar-refractivity contribution in [3.8, 4) is 0 Å². The van der Waals surface area contributed by atoms with Crippen molar-refractivity contribution in [1.29, 1.82) is 0 Å². The lowest BCUT2D eigenvalue weighted by Gasteiger charge is -2.31. The standard InChI is InChI=1S/C8H14N2S/c1-11-8-9-6-7-4-2-3-5-10(7)8/h7H,2-6H2,1H3/t7-/m1/s1. The number of amidine groups is 1. The number of piperidine rings is 1. The normalized spacial score (nSPS) is 30.1. The molecular formula is C8H14N2S.